The summed E-state index contributed by atoms with van der Waals surface area (Å²) in [5.41, 5.74) is 0. The van der Waals surface area contributed by atoms with Crippen LogP contribution in [0.5, 0.6) is 11.5 Å². The van der Waals surface area contributed by atoms with Crippen LogP contribution < -0.4 is 14.8 Å². The molecule has 0 saturated carbocycles. The smallest absolute Gasteiger partial charge is 0.485 e. The first-order valence-corrected chi connectivity index (χ1v) is 6.63. The van der Waals surface area contributed by atoms with Gasteiger partial charge < -0.3 is 19.5 Å². The summed E-state index contributed by atoms with van der Waals surface area (Å²) in [5.74, 6) is -0.266. The van der Waals surface area contributed by atoms with E-state index in [0.717, 1.165) is 13.0 Å². The Kier molecular flexibility index (Phi) is 7.31. The summed E-state index contributed by atoms with van der Waals surface area (Å²) in [6.07, 6.45) is -4.16. The summed E-state index contributed by atoms with van der Waals surface area (Å²) in [6.45, 7) is 3.70. The first-order chi connectivity index (χ1) is 9.92. The molecule has 0 spiro atoms. The van der Waals surface area contributed by atoms with Gasteiger partial charge in [0.05, 0.1) is 0 Å². The van der Waals surface area contributed by atoms with Crippen molar-refractivity contribution in [2.24, 2.45) is 0 Å². The molecule has 1 rings (SSSR count). The van der Waals surface area contributed by atoms with Gasteiger partial charge >= 0.3 is 6.36 Å². The number of alkyl halides is 3. The molecule has 4 nitrogen and oxygen atoms in total. The molecule has 1 atom stereocenters. The Morgan fingerprint density at radius 3 is 2.48 bits per heavy atom. The Balaban J connectivity index is 2.46. The Hall–Kier alpha value is -1.47. The third-order valence-corrected chi connectivity index (χ3v) is 2.54. The minimum Gasteiger partial charge on any atom is -0.485 e. The van der Waals surface area contributed by atoms with Crippen molar-refractivity contribution in [3.05, 3.63) is 24.3 Å². The number of methoxy groups -OCH3 is 1. The van der Waals surface area contributed by atoms with Crippen LogP contribution in [0.3, 0.4) is 0 Å². The van der Waals surface area contributed by atoms with E-state index in [-0.39, 0.29) is 17.6 Å². The van der Waals surface area contributed by atoms with Crippen molar-refractivity contribution in [2.75, 3.05) is 26.8 Å². The fourth-order valence-electron chi connectivity index (χ4n) is 1.66. The third-order valence-electron chi connectivity index (χ3n) is 2.54. The van der Waals surface area contributed by atoms with Gasteiger partial charge in [-0.05, 0) is 32.0 Å². The lowest BCUT2D eigenvalue weighted by molar-refractivity contribution is -0.275. The zero-order valence-electron chi connectivity index (χ0n) is 12.1. The summed E-state index contributed by atoms with van der Waals surface area (Å²) in [4.78, 5) is 0. The van der Waals surface area contributed by atoms with Gasteiger partial charge in [-0.25, -0.2) is 0 Å². The molecule has 0 aliphatic carbocycles. The van der Waals surface area contributed by atoms with E-state index in [1.54, 1.807) is 20.1 Å². The highest BCUT2D eigenvalue weighted by Gasteiger charge is 2.32. The van der Waals surface area contributed by atoms with Gasteiger partial charge in [0.1, 0.15) is 6.10 Å². The van der Waals surface area contributed by atoms with Gasteiger partial charge in [0.2, 0.25) is 0 Å². The molecule has 120 valence electrons. The van der Waals surface area contributed by atoms with Crippen LogP contribution in [0.15, 0.2) is 24.3 Å². The maximum absolute atomic E-state index is 12.3. The number of halogens is 3. The van der Waals surface area contributed by atoms with E-state index < -0.39 is 6.36 Å². The molecule has 1 aromatic carbocycles. The Labute approximate surface area is 122 Å². The van der Waals surface area contributed by atoms with Crippen LogP contribution in [0.4, 0.5) is 13.2 Å². The lowest BCUT2D eigenvalue weighted by atomic mass is 10.3. The first-order valence-electron chi connectivity index (χ1n) is 6.63. The van der Waals surface area contributed by atoms with Gasteiger partial charge in [0, 0.05) is 20.3 Å². The maximum atomic E-state index is 12.3. The molecule has 7 heteroatoms. The largest absolute Gasteiger partial charge is 0.573 e. The lowest BCUT2D eigenvalue weighted by Gasteiger charge is -2.18. The SMILES string of the molecule is COCCCNCC(C)Oc1ccccc1OC(F)(F)F. The van der Waals surface area contributed by atoms with E-state index in [9.17, 15) is 13.2 Å². The van der Waals surface area contributed by atoms with Crippen molar-refractivity contribution in [1.82, 2.24) is 5.32 Å². The third kappa shape index (κ3) is 7.77. The van der Waals surface area contributed by atoms with Crippen LogP contribution in [0.2, 0.25) is 0 Å². The molecule has 0 bridgehead atoms. The van der Waals surface area contributed by atoms with Crippen LogP contribution in [0, 0.1) is 0 Å². The summed E-state index contributed by atoms with van der Waals surface area (Å²) >= 11 is 0. The molecule has 1 N–H and O–H groups in total. The number of benzene rings is 1. The van der Waals surface area contributed by atoms with E-state index in [1.807, 2.05) is 0 Å². The topological polar surface area (TPSA) is 39.7 Å². The van der Waals surface area contributed by atoms with Crippen molar-refractivity contribution >= 4 is 0 Å². The first kappa shape index (κ1) is 17.6. The molecule has 1 aromatic rings. The van der Waals surface area contributed by atoms with Gasteiger partial charge in [0.25, 0.3) is 0 Å². The Bertz CT molecular complexity index is 413. The lowest BCUT2D eigenvalue weighted by Crippen LogP contribution is -2.30. The molecule has 0 heterocycles. The maximum Gasteiger partial charge on any atom is 0.573 e. The fourth-order valence-corrected chi connectivity index (χ4v) is 1.66. The molecule has 0 aromatic heterocycles. The van der Waals surface area contributed by atoms with Gasteiger partial charge in [-0.15, -0.1) is 13.2 Å². The average molecular weight is 307 g/mol. The predicted octanol–water partition coefficient (Wildman–Crippen LogP) is 2.98. The van der Waals surface area contributed by atoms with Crippen LogP contribution >= 0.6 is 0 Å². The summed E-state index contributed by atoms with van der Waals surface area (Å²) in [6, 6.07) is 5.73. The minimum atomic E-state index is -4.74. The summed E-state index contributed by atoms with van der Waals surface area (Å²) < 4.78 is 51.2. The Morgan fingerprint density at radius 1 is 1.19 bits per heavy atom. The highest BCUT2D eigenvalue weighted by molar-refractivity contribution is 5.39. The zero-order valence-corrected chi connectivity index (χ0v) is 12.1. The predicted molar refractivity (Wildman–Crippen MR) is 72.6 cm³/mol. The molecule has 21 heavy (non-hydrogen) atoms. The second-order valence-corrected chi connectivity index (χ2v) is 4.47. The molecule has 0 saturated heterocycles. The number of ether oxygens (including phenoxy) is 3. The van der Waals surface area contributed by atoms with Gasteiger partial charge in [0.15, 0.2) is 11.5 Å². The molecule has 0 radical (unpaired) electrons. The highest BCUT2D eigenvalue weighted by atomic mass is 19.4. The minimum absolute atomic E-state index is 0.0704. The van der Waals surface area contributed by atoms with Crippen LogP contribution in [-0.4, -0.2) is 39.3 Å². The number of hydrogen-bond donors (Lipinski definition) is 1. The number of hydrogen-bond acceptors (Lipinski definition) is 4. The number of nitrogens with one attached hydrogen (secondary N) is 1. The van der Waals surface area contributed by atoms with Crippen molar-refractivity contribution < 1.29 is 27.4 Å². The molecule has 0 fully saturated rings. The van der Waals surface area contributed by atoms with Crippen LogP contribution in [0.25, 0.3) is 0 Å². The molecule has 0 aliphatic rings. The molecule has 0 amide bonds. The summed E-state index contributed by atoms with van der Waals surface area (Å²) in [7, 11) is 1.63. The standard InChI is InChI=1S/C14H20F3NO3/c1-11(10-18-8-5-9-19-2)20-12-6-3-4-7-13(12)21-14(15,16)17/h3-4,6-7,11,18H,5,8-10H2,1-2H3. The average Bonchev–Trinajstić information content (AvgIpc) is 2.39. The highest BCUT2D eigenvalue weighted by Crippen LogP contribution is 2.32. The quantitative estimate of drug-likeness (QED) is 0.712. The van der Waals surface area contributed by atoms with E-state index in [2.05, 4.69) is 10.1 Å². The molecule has 1 unspecified atom stereocenters. The van der Waals surface area contributed by atoms with Gasteiger partial charge in [-0.1, -0.05) is 12.1 Å². The molecular formula is C14H20F3NO3. The molecular weight excluding hydrogens is 287 g/mol. The van der Waals surface area contributed by atoms with E-state index in [1.165, 1.54) is 18.2 Å². The monoisotopic (exact) mass is 307 g/mol. The second kappa shape index (κ2) is 8.74. The van der Waals surface area contributed by atoms with E-state index in [4.69, 9.17) is 9.47 Å². The molecule has 0 aliphatic heterocycles. The number of rotatable bonds is 9. The van der Waals surface area contributed by atoms with Crippen molar-refractivity contribution in [3.8, 4) is 11.5 Å². The number of para-hydroxylation sites is 2. The zero-order chi connectivity index (χ0) is 15.7. The summed E-state index contributed by atoms with van der Waals surface area (Å²) in [5, 5.41) is 3.14. The van der Waals surface area contributed by atoms with Crippen molar-refractivity contribution in [2.45, 2.75) is 25.8 Å². The fraction of sp³-hybridized carbons (Fsp3) is 0.571. The van der Waals surface area contributed by atoms with Crippen LogP contribution in [-0.2, 0) is 4.74 Å². The van der Waals surface area contributed by atoms with Gasteiger partial charge in [-0.2, -0.15) is 0 Å². The van der Waals surface area contributed by atoms with Crippen LogP contribution in [0.1, 0.15) is 13.3 Å². The van der Waals surface area contributed by atoms with E-state index in [0.29, 0.717) is 13.2 Å². The van der Waals surface area contributed by atoms with Crippen molar-refractivity contribution in [1.29, 1.82) is 0 Å². The normalized spacial score (nSPS) is 13.0. The van der Waals surface area contributed by atoms with Crippen molar-refractivity contribution in [3.63, 3.8) is 0 Å². The Morgan fingerprint density at radius 2 is 1.86 bits per heavy atom. The van der Waals surface area contributed by atoms with Gasteiger partial charge in [-0.3, -0.25) is 0 Å². The second-order valence-electron chi connectivity index (χ2n) is 4.47. The van der Waals surface area contributed by atoms with E-state index >= 15 is 0 Å².